The third kappa shape index (κ3) is 5.26. The van der Waals surface area contributed by atoms with Crippen LogP contribution in [-0.4, -0.2) is 63.4 Å². The molecule has 0 bridgehead atoms. The molecular weight excluding hydrogens is 374 g/mol. The van der Waals surface area contributed by atoms with Crippen molar-refractivity contribution in [1.82, 2.24) is 29.7 Å². The number of imidazole rings is 1. The van der Waals surface area contributed by atoms with Gasteiger partial charge in [0.25, 0.3) is 11.5 Å². The monoisotopic (exact) mass is 397 g/mol. The zero-order chi connectivity index (χ0) is 20.8. The molecule has 0 aliphatic carbocycles. The zero-order valence-corrected chi connectivity index (χ0v) is 16.3. The Morgan fingerprint density at radius 3 is 2.66 bits per heavy atom. The number of likely N-dealkylation sites (N-methyl/N-ethyl adjacent to an activating group) is 1. The van der Waals surface area contributed by atoms with E-state index in [1.54, 1.807) is 28.8 Å². The van der Waals surface area contributed by atoms with Gasteiger partial charge in [-0.05, 0) is 38.4 Å². The fraction of sp³-hybridized carbons (Fsp3) is 0.316. The summed E-state index contributed by atoms with van der Waals surface area (Å²) in [6, 6.07) is 6.71. The lowest BCUT2D eigenvalue weighted by Crippen LogP contribution is -2.31. The topological polar surface area (TPSA) is 125 Å². The highest BCUT2D eigenvalue weighted by Crippen LogP contribution is 2.11. The van der Waals surface area contributed by atoms with Gasteiger partial charge in [0, 0.05) is 37.3 Å². The summed E-state index contributed by atoms with van der Waals surface area (Å²) in [6.45, 7) is 1.66. The first-order valence-corrected chi connectivity index (χ1v) is 9.15. The molecule has 2 heterocycles. The number of fused-ring (bicyclic) bond motifs is 1. The lowest BCUT2D eigenvalue weighted by molar-refractivity contribution is -0.116. The van der Waals surface area contributed by atoms with Crippen molar-refractivity contribution in [3.05, 3.63) is 52.8 Å². The molecule has 0 fully saturated rings. The molecule has 2 aromatic heterocycles. The molecule has 3 rings (SSSR count). The van der Waals surface area contributed by atoms with Crippen LogP contribution in [0.3, 0.4) is 0 Å². The van der Waals surface area contributed by atoms with Gasteiger partial charge in [-0.3, -0.25) is 14.4 Å². The summed E-state index contributed by atoms with van der Waals surface area (Å²) in [4.78, 5) is 48.5. The van der Waals surface area contributed by atoms with Gasteiger partial charge in [0.15, 0.2) is 11.2 Å². The predicted octanol–water partition coefficient (Wildman–Crippen LogP) is 0.440. The summed E-state index contributed by atoms with van der Waals surface area (Å²) < 4.78 is 1.66. The number of hydrogen-bond acceptors (Lipinski definition) is 6. The van der Waals surface area contributed by atoms with E-state index in [4.69, 9.17) is 0 Å². The fourth-order valence-corrected chi connectivity index (χ4v) is 2.70. The smallest absolute Gasteiger partial charge is 0.278 e. The average Bonchev–Trinajstić information content (AvgIpc) is 3.11. The highest BCUT2D eigenvalue weighted by Gasteiger charge is 2.10. The van der Waals surface area contributed by atoms with E-state index in [9.17, 15) is 14.4 Å². The minimum Gasteiger partial charge on any atom is -0.351 e. The number of nitrogens with zero attached hydrogens (tertiary/aromatic N) is 4. The Labute approximate surface area is 167 Å². The van der Waals surface area contributed by atoms with E-state index in [2.05, 4.69) is 25.6 Å². The molecule has 2 amide bonds. The van der Waals surface area contributed by atoms with Crippen molar-refractivity contribution >= 4 is 28.7 Å². The Morgan fingerprint density at radius 2 is 1.93 bits per heavy atom. The quantitative estimate of drug-likeness (QED) is 0.507. The molecule has 29 heavy (non-hydrogen) atoms. The van der Waals surface area contributed by atoms with Crippen molar-refractivity contribution in [2.24, 2.45) is 0 Å². The van der Waals surface area contributed by atoms with Gasteiger partial charge >= 0.3 is 0 Å². The molecule has 10 nitrogen and oxygen atoms in total. The van der Waals surface area contributed by atoms with Crippen LogP contribution >= 0.6 is 0 Å². The van der Waals surface area contributed by atoms with E-state index in [1.165, 1.54) is 12.7 Å². The van der Waals surface area contributed by atoms with Crippen LogP contribution in [0.15, 0.2) is 41.7 Å². The number of aryl methyl sites for hydroxylation is 1. The molecule has 3 N–H and O–H groups in total. The molecule has 0 spiro atoms. The van der Waals surface area contributed by atoms with Crippen LogP contribution in [-0.2, 0) is 11.3 Å². The van der Waals surface area contributed by atoms with Crippen LogP contribution in [0.2, 0.25) is 0 Å². The molecule has 0 atom stereocenters. The molecule has 3 aromatic rings. The third-order valence-corrected chi connectivity index (χ3v) is 4.26. The fourth-order valence-electron chi connectivity index (χ4n) is 2.70. The number of benzene rings is 1. The zero-order valence-electron chi connectivity index (χ0n) is 16.3. The van der Waals surface area contributed by atoms with Gasteiger partial charge in [-0.15, -0.1) is 0 Å². The largest absolute Gasteiger partial charge is 0.351 e. The van der Waals surface area contributed by atoms with Crippen molar-refractivity contribution in [2.45, 2.75) is 13.0 Å². The summed E-state index contributed by atoms with van der Waals surface area (Å²) >= 11 is 0. The number of rotatable bonds is 8. The lowest BCUT2D eigenvalue weighted by atomic mass is 10.2. The number of H-pyrrole nitrogens is 1. The first-order valence-electron chi connectivity index (χ1n) is 9.15. The van der Waals surface area contributed by atoms with E-state index in [-0.39, 0.29) is 29.3 Å². The van der Waals surface area contributed by atoms with Gasteiger partial charge in [0.2, 0.25) is 5.91 Å². The van der Waals surface area contributed by atoms with Crippen molar-refractivity contribution in [1.29, 1.82) is 0 Å². The standard InChI is InChI=1S/C19H23N7O3/c1-25(2)10-8-20-18(28)13-3-5-14(6-4-13)24-15(27)7-9-26-12-23-16-17(26)21-11-22-19(16)29/h3-6,11-12H,7-10H2,1-2H3,(H,20,28)(H,24,27)(H,21,22,29). The van der Waals surface area contributed by atoms with Gasteiger partial charge in [-0.1, -0.05) is 0 Å². The lowest BCUT2D eigenvalue weighted by Gasteiger charge is -2.11. The second-order valence-electron chi connectivity index (χ2n) is 6.78. The molecule has 0 radical (unpaired) electrons. The average molecular weight is 397 g/mol. The SMILES string of the molecule is CN(C)CCNC(=O)c1ccc(NC(=O)CCn2cnc3c(=O)[nH]cnc32)cc1. The predicted molar refractivity (Wildman–Crippen MR) is 109 cm³/mol. The van der Waals surface area contributed by atoms with Gasteiger partial charge < -0.3 is 25.1 Å². The molecule has 1 aromatic carbocycles. The Kier molecular flexibility index (Phi) is 6.35. The molecule has 0 aliphatic rings. The van der Waals surface area contributed by atoms with E-state index in [0.717, 1.165) is 6.54 Å². The molecule has 0 aliphatic heterocycles. The summed E-state index contributed by atoms with van der Waals surface area (Å²) in [5.41, 5.74) is 1.50. The Bertz CT molecular complexity index is 1050. The number of amides is 2. The summed E-state index contributed by atoms with van der Waals surface area (Å²) in [5, 5.41) is 5.63. The number of hydrogen-bond donors (Lipinski definition) is 3. The van der Waals surface area contributed by atoms with E-state index < -0.39 is 0 Å². The third-order valence-electron chi connectivity index (χ3n) is 4.26. The Morgan fingerprint density at radius 1 is 1.17 bits per heavy atom. The molecular formula is C19H23N7O3. The number of carbonyl (C=O) groups is 2. The molecule has 0 saturated heterocycles. The first-order chi connectivity index (χ1) is 13.9. The van der Waals surface area contributed by atoms with Crippen molar-refractivity contribution in [3.63, 3.8) is 0 Å². The summed E-state index contributed by atoms with van der Waals surface area (Å²) in [7, 11) is 3.88. The first kappa shape index (κ1) is 20.2. The number of aromatic nitrogens is 4. The van der Waals surface area contributed by atoms with Crippen LogP contribution < -0.4 is 16.2 Å². The van der Waals surface area contributed by atoms with E-state index in [0.29, 0.717) is 30.0 Å². The van der Waals surface area contributed by atoms with Gasteiger partial charge in [-0.25, -0.2) is 9.97 Å². The second-order valence-corrected chi connectivity index (χ2v) is 6.78. The van der Waals surface area contributed by atoms with Crippen LogP contribution in [0.25, 0.3) is 11.2 Å². The highest BCUT2D eigenvalue weighted by molar-refractivity contribution is 5.95. The van der Waals surface area contributed by atoms with Crippen molar-refractivity contribution < 1.29 is 9.59 Å². The van der Waals surface area contributed by atoms with E-state index in [1.807, 2.05) is 19.0 Å². The van der Waals surface area contributed by atoms with Crippen molar-refractivity contribution in [2.75, 3.05) is 32.5 Å². The Hall–Kier alpha value is -3.53. The Balaban J connectivity index is 1.52. The van der Waals surface area contributed by atoms with Crippen LogP contribution in [0.1, 0.15) is 16.8 Å². The number of nitrogens with one attached hydrogen (secondary N) is 3. The maximum atomic E-state index is 12.2. The highest BCUT2D eigenvalue weighted by atomic mass is 16.2. The molecule has 10 heteroatoms. The summed E-state index contributed by atoms with van der Waals surface area (Å²) in [5.74, 6) is -0.348. The van der Waals surface area contributed by atoms with Gasteiger partial charge in [0.1, 0.15) is 0 Å². The van der Waals surface area contributed by atoms with E-state index >= 15 is 0 Å². The second kappa shape index (κ2) is 9.11. The van der Waals surface area contributed by atoms with Crippen molar-refractivity contribution in [3.8, 4) is 0 Å². The van der Waals surface area contributed by atoms with Gasteiger partial charge in [-0.2, -0.15) is 0 Å². The van der Waals surface area contributed by atoms with Crippen LogP contribution in [0, 0.1) is 0 Å². The minimum absolute atomic E-state index is 0.154. The normalized spacial score (nSPS) is 11.0. The minimum atomic E-state index is -0.316. The summed E-state index contributed by atoms with van der Waals surface area (Å²) in [6.07, 6.45) is 2.98. The number of carbonyl (C=O) groups excluding carboxylic acids is 2. The molecule has 152 valence electrons. The van der Waals surface area contributed by atoms with Gasteiger partial charge in [0.05, 0.1) is 12.7 Å². The maximum absolute atomic E-state index is 12.2. The van der Waals surface area contributed by atoms with Crippen LogP contribution in [0.4, 0.5) is 5.69 Å². The van der Waals surface area contributed by atoms with Crippen LogP contribution in [0.5, 0.6) is 0 Å². The number of aromatic amines is 1. The molecule has 0 unspecified atom stereocenters. The molecule has 0 saturated carbocycles. The maximum Gasteiger partial charge on any atom is 0.278 e. The number of anilines is 1.